The quantitative estimate of drug-likeness (QED) is 0.890. The van der Waals surface area contributed by atoms with Gasteiger partial charge in [0.15, 0.2) is 0 Å². The van der Waals surface area contributed by atoms with Crippen molar-refractivity contribution in [3.63, 3.8) is 0 Å². The van der Waals surface area contributed by atoms with Crippen molar-refractivity contribution in [2.24, 2.45) is 5.73 Å². The molecule has 0 radical (unpaired) electrons. The first-order chi connectivity index (χ1) is 9.78. The molecule has 2 atom stereocenters. The molecular weight excluding hydrogens is 351 g/mol. The third-order valence-electron chi connectivity index (χ3n) is 3.73. The number of nitrogens with two attached hydrogens (primary N) is 1. The summed E-state index contributed by atoms with van der Waals surface area (Å²) in [7, 11) is -3.65. The van der Waals surface area contributed by atoms with Gasteiger partial charge in [-0.1, -0.05) is 30.1 Å². The summed E-state index contributed by atoms with van der Waals surface area (Å²) in [5.74, 6) is 0.777. The van der Waals surface area contributed by atoms with Gasteiger partial charge in [0.1, 0.15) is 4.90 Å². The van der Waals surface area contributed by atoms with Gasteiger partial charge in [-0.05, 0) is 24.6 Å². The zero-order valence-corrected chi connectivity index (χ0v) is 15.0. The monoisotopic (exact) mass is 368 g/mol. The van der Waals surface area contributed by atoms with Crippen molar-refractivity contribution in [2.45, 2.75) is 36.6 Å². The number of sulfonamides is 1. The Hall–Kier alpha value is 0.0200. The second-order valence-corrected chi connectivity index (χ2v) is 9.17. The average Bonchev–Trinajstić information content (AvgIpc) is 2.41. The topological polar surface area (TPSA) is 63.4 Å². The first kappa shape index (κ1) is 17.4. The Morgan fingerprint density at radius 2 is 2.00 bits per heavy atom. The highest BCUT2D eigenvalue weighted by molar-refractivity contribution is 8.00. The second-order valence-electron chi connectivity index (χ2n) is 5.01. The minimum Gasteiger partial charge on any atom is -0.326 e. The number of rotatable bonds is 3. The van der Waals surface area contributed by atoms with Crippen LogP contribution in [0.3, 0.4) is 0 Å². The van der Waals surface area contributed by atoms with Crippen molar-refractivity contribution in [3.8, 4) is 0 Å². The predicted molar refractivity (Wildman–Crippen MR) is 89.6 cm³/mol. The van der Waals surface area contributed by atoms with Crippen LogP contribution in [0.2, 0.25) is 10.0 Å². The molecule has 4 nitrogen and oxygen atoms in total. The number of hydrogen-bond acceptors (Lipinski definition) is 4. The van der Waals surface area contributed by atoms with Gasteiger partial charge < -0.3 is 5.73 Å². The zero-order valence-electron chi connectivity index (χ0n) is 11.8. The second kappa shape index (κ2) is 6.64. The summed E-state index contributed by atoms with van der Waals surface area (Å²) in [6, 6.07) is 2.85. The minimum atomic E-state index is -3.65. The van der Waals surface area contributed by atoms with E-state index in [1.165, 1.54) is 16.4 Å². The van der Waals surface area contributed by atoms with Crippen LogP contribution in [-0.2, 0) is 16.6 Å². The number of benzene rings is 1. The van der Waals surface area contributed by atoms with E-state index in [1.54, 1.807) is 11.8 Å². The van der Waals surface area contributed by atoms with Gasteiger partial charge in [0, 0.05) is 35.2 Å². The lowest BCUT2D eigenvalue weighted by atomic mass is 10.2. The molecule has 1 aliphatic rings. The molecule has 1 aromatic rings. The van der Waals surface area contributed by atoms with E-state index in [1.807, 2.05) is 13.8 Å². The fourth-order valence-electron chi connectivity index (χ4n) is 2.30. The molecule has 0 bridgehead atoms. The predicted octanol–water partition coefficient (Wildman–Crippen LogP) is 2.97. The van der Waals surface area contributed by atoms with Gasteiger partial charge in [-0.2, -0.15) is 16.1 Å². The van der Waals surface area contributed by atoms with Gasteiger partial charge in [0.25, 0.3) is 0 Å². The van der Waals surface area contributed by atoms with Gasteiger partial charge in [0.05, 0.1) is 5.02 Å². The lowest BCUT2D eigenvalue weighted by Gasteiger charge is -2.36. The van der Waals surface area contributed by atoms with Crippen molar-refractivity contribution in [1.82, 2.24) is 4.31 Å². The zero-order chi connectivity index (χ0) is 15.8. The molecular formula is C13H18Cl2N2O2S2. The van der Waals surface area contributed by atoms with Crippen LogP contribution >= 0.6 is 35.0 Å². The molecule has 2 unspecified atom stereocenters. The summed E-state index contributed by atoms with van der Waals surface area (Å²) in [5.41, 5.74) is 6.18. The van der Waals surface area contributed by atoms with E-state index in [9.17, 15) is 8.42 Å². The van der Waals surface area contributed by atoms with Gasteiger partial charge in [0.2, 0.25) is 10.0 Å². The maximum atomic E-state index is 12.9. The number of nitrogens with zero attached hydrogens (tertiary/aromatic N) is 1. The Morgan fingerprint density at radius 3 is 2.62 bits per heavy atom. The van der Waals surface area contributed by atoms with Crippen LogP contribution in [0.1, 0.15) is 19.4 Å². The van der Waals surface area contributed by atoms with Gasteiger partial charge >= 0.3 is 0 Å². The fourth-order valence-corrected chi connectivity index (χ4v) is 6.14. The van der Waals surface area contributed by atoms with Crippen molar-refractivity contribution in [1.29, 1.82) is 0 Å². The number of hydrogen-bond donors (Lipinski definition) is 1. The Bertz CT molecular complexity index is 637. The van der Waals surface area contributed by atoms with Crippen LogP contribution < -0.4 is 5.73 Å². The summed E-state index contributed by atoms with van der Waals surface area (Å²) in [6.45, 7) is 4.60. The minimum absolute atomic E-state index is 0.0816. The lowest BCUT2D eigenvalue weighted by molar-refractivity contribution is 0.340. The van der Waals surface area contributed by atoms with Crippen molar-refractivity contribution in [3.05, 3.63) is 27.7 Å². The fraction of sp³-hybridized carbons (Fsp3) is 0.538. The normalized spacial score (nSPS) is 24.2. The molecule has 21 heavy (non-hydrogen) atoms. The Morgan fingerprint density at radius 1 is 1.33 bits per heavy atom. The largest absolute Gasteiger partial charge is 0.326 e. The van der Waals surface area contributed by atoms with Gasteiger partial charge in [-0.3, -0.25) is 0 Å². The molecule has 2 N–H and O–H groups in total. The molecule has 118 valence electrons. The Labute approximate surface area is 140 Å². The molecule has 0 aliphatic carbocycles. The summed E-state index contributed by atoms with van der Waals surface area (Å²) < 4.78 is 27.3. The van der Waals surface area contributed by atoms with Crippen LogP contribution in [0, 0.1) is 0 Å². The highest BCUT2D eigenvalue weighted by atomic mass is 35.5. The summed E-state index contributed by atoms with van der Waals surface area (Å²) in [6.07, 6.45) is 0. The van der Waals surface area contributed by atoms with Crippen LogP contribution in [0.25, 0.3) is 0 Å². The summed E-state index contributed by atoms with van der Waals surface area (Å²) in [4.78, 5) is 0.0833. The van der Waals surface area contributed by atoms with E-state index < -0.39 is 10.0 Å². The Balaban J connectivity index is 2.49. The standard InChI is InChI=1S/C13H18Cl2N2O2S2/c1-8-9(2)20-4-3-17(8)21(18,19)13-5-10(7-16)11(14)6-12(13)15/h5-6,8-9H,3-4,7,16H2,1-2H3. The summed E-state index contributed by atoms with van der Waals surface area (Å²) >= 11 is 13.9. The molecule has 1 aliphatic heterocycles. The van der Waals surface area contributed by atoms with E-state index in [0.29, 0.717) is 17.1 Å². The maximum Gasteiger partial charge on any atom is 0.244 e. The average molecular weight is 369 g/mol. The van der Waals surface area contributed by atoms with Crippen LogP contribution in [-0.4, -0.2) is 36.3 Å². The van der Waals surface area contributed by atoms with E-state index >= 15 is 0 Å². The first-order valence-electron chi connectivity index (χ1n) is 6.60. The number of halogens is 2. The van der Waals surface area contributed by atoms with Gasteiger partial charge in [-0.15, -0.1) is 0 Å². The van der Waals surface area contributed by atoms with E-state index in [4.69, 9.17) is 28.9 Å². The molecule has 1 fully saturated rings. The lowest BCUT2D eigenvalue weighted by Crippen LogP contribution is -2.47. The molecule has 8 heteroatoms. The highest BCUT2D eigenvalue weighted by Gasteiger charge is 2.36. The smallest absolute Gasteiger partial charge is 0.244 e. The molecule has 0 spiro atoms. The molecule has 1 aromatic carbocycles. The first-order valence-corrected chi connectivity index (χ1v) is 9.85. The SMILES string of the molecule is CC1SCCN(S(=O)(=O)c2cc(CN)c(Cl)cc2Cl)C1C. The summed E-state index contributed by atoms with van der Waals surface area (Å²) in [5, 5.41) is 0.765. The molecule has 0 amide bonds. The third kappa shape index (κ3) is 3.35. The van der Waals surface area contributed by atoms with E-state index in [-0.39, 0.29) is 27.8 Å². The molecule has 0 aromatic heterocycles. The Kier molecular flexibility index (Phi) is 5.50. The molecule has 0 saturated carbocycles. The van der Waals surface area contributed by atoms with Crippen LogP contribution in [0.5, 0.6) is 0 Å². The highest BCUT2D eigenvalue weighted by Crippen LogP contribution is 2.34. The van der Waals surface area contributed by atoms with E-state index in [0.717, 1.165) is 5.75 Å². The third-order valence-corrected chi connectivity index (χ3v) is 7.87. The van der Waals surface area contributed by atoms with E-state index in [2.05, 4.69) is 0 Å². The molecule has 2 rings (SSSR count). The van der Waals surface area contributed by atoms with Gasteiger partial charge in [-0.25, -0.2) is 8.42 Å². The van der Waals surface area contributed by atoms with Crippen molar-refractivity contribution < 1.29 is 8.42 Å². The van der Waals surface area contributed by atoms with Crippen LogP contribution in [0.4, 0.5) is 0 Å². The molecule has 1 heterocycles. The van der Waals surface area contributed by atoms with Crippen molar-refractivity contribution in [2.75, 3.05) is 12.3 Å². The van der Waals surface area contributed by atoms with Crippen molar-refractivity contribution >= 4 is 45.0 Å². The van der Waals surface area contributed by atoms with Crippen LogP contribution in [0.15, 0.2) is 17.0 Å². The number of thioether (sulfide) groups is 1. The molecule has 1 saturated heterocycles. The maximum absolute atomic E-state index is 12.9.